The molecule has 4 rings (SSSR count). The summed E-state index contributed by atoms with van der Waals surface area (Å²) in [5, 5.41) is 17.3. The molecular formula is C91H168Cl3N9O9. The Morgan fingerprint density at radius 1 is 0.321 bits per heavy atom. The monoisotopic (exact) mass is 1640 g/mol. The number of nitrogens with one attached hydrogen (secondary N) is 6. The van der Waals surface area contributed by atoms with Gasteiger partial charge in [0.1, 0.15) is 19.6 Å². The van der Waals surface area contributed by atoms with E-state index in [2.05, 4.69) is 196 Å². The van der Waals surface area contributed by atoms with Crippen molar-refractivity contribution in [3.63, 3.8) is 0 Å². The van der Waals surface area contributed by atoms with Crippen molar-refractivity contribution >= 4 is 35.4 Å². The maximum Gasteiger partial charge on any atom is 0.222 e. The van der Waals surface area contributed by atoms with Crippen LogP contribution in [0.3, 0.4) is 0 Å². The number of hydrogen-bond donors (Lipinski definition) is 6. The average molecular weight is 1640 g/mol. The normalized spacial score (nSPS) is 14.4. The van der Waals surface area contributed by atoms with Crippen LogP contribution in [0.5, 0.6) is 0 Å². The number of hydrogen-bond acceptors (Lipinski definition) is 9. The fourth-order valence-electron chi connectivity index (χ4n) is 11.1. The molecule has 1 aliphatic rings. The lowest BCUT2D eigenvalue weighted by Gasteiger charge is -2.38. The number of amides is 6. The van der Waals surface area contributed by atoms with Crippen LogP contribution in [0.15, 0.2) is 72.8 Å². The Morgan fingerprint density at radius 3 is 0.750 bits per heavy atom. The summed E-state index contributed by atoms with van der Waals surface area (Å²) in [6.45, 7) is 50.1. The molecule has 652 valence electrons. The molecule has 112 heavy (non-hydrogen) atoms. The van der Waals surface area contributed by atoms with Crippen molar-refractivity contribution < 1.29 is 93.6 Å². The van der Waals surface area contributed by atoms with Gasteiger partial charge in [-0.1, -0.05) is 197 Å². The zero-order chi connectivity index (χ0) is 82.8. The van der Waals surface area contributed by atoms with Crippen LogP contribution in [-0.2, 0) is 62.6 Å². The van der Waals surface area contributed by atoms with E-state index in [0.717, 1.165) is 86.3 Å². The highest BCUT2D eigenvalue weighted by molar-refractivity contribution is 5.80. The van der Waals surface area contributed by atoms with Crippen LogP contribution in [0.4, 0.5) is 0 Å². The third-order valence-corrected chi connectivity index (χ3v) is 20.9. The first-order valence-corrected chi connectivity index (χ1v) is 42.6. The summed E-state index contributed by atoms with van der Waals surface area (Å²) in [6, 6.07) is 27.5. The van der Waals surface area contributed by atoms with Gasteiger partial charge in [0, 0.05) is 91.5 Å². The highest BCUT2D eigenvalue weighted by Gasteiger charge is 2.25. The summed E-state index contributed by atoms with van der Waals surface area (Å²) in [6.07, 6.45) is 16.7. The smallest absolute Gasteiger partial charge is 0.222 e. The molecule has 0 bridgehead atoms. The molecular weight excluding hydrogens is 1470 g/mol. The fraction of sp³-hybridized carbons (Fsp3) is 0.736. The van der Waals surface area contributed by atoms with Gasteiger partial charge in [-0.05, 0) is 137 Å². The van der Waals surface area contributed by atoms with Gasteiger partial charge >= 0.3 is 0 Å². The van der Waals surface area contributed by atoms with Crippen LogP contribution in [-0.4, -0.2) is 190 Å². The van der Waals surface area contributed by atoms with Crippen molar-refractivity contribution in [3.05, 3.63) is 106 Å². The van der Waals surface area contributed by atoms with Gasteiger partial charge in [-0.25, -0.2) is 0 Å². The van der Waals surface area contributed by atoms with Crippen molar-refractivity contribution in [3.8, 4) is 0 Å². The molecule has 21 heteroatoms. The topological polar surface area (TPSA) is 202 Å². The number of carbonyl (C=O) groups is 6. The van der Waals surface area contributed by atoms with E-state index in [1.807, 2.05) is 83.1 Å². The van der Waals surface area contributed by atoms with E-state index in [4.69, 9.17) is 14.2 Å². The minimum absolute atomic E-state index is 0. The first-order chi connectivity index (χ1) is 51.5. The van der Waals surface area contributed by atoms with Gasteiger partial charge in [-0.15, -0.1) is 0 Å². The highest BCUT2D eigenvalue weighted by atomic mass is 35.5. The summed E-state index contributed by atoms with van der Waals surface area (Å²) in [5.74, 6) is 3.17. The zero-order valence-corrected chi connectivity index (χ0v) is 77.9. The number of quaternary nitrogens is 3. The molecule has 0 spiro atoms. The maximum atomic E-state index is 11.5. The van der Waals surface area contributed by atoms with Gasteiger partial charge in [0.2, 0.25) is 35.4 Å². The largest absolute Gasteiger partial charge is 1.00 e. The molecule has 6 amide bonds. The minimum atomic E-state index is 0. The van der Waals surface area contributed by atoms with Gasteiger partial charge in [-0.3, -0.25) is 28.8 Å². The first kappa shape index (κ1) is 116. The Hall–Kier alpha value is -4.89. The number of carbonyl (C=O) groups excluding carboxylic acids is 6. The second-order valence-electron chi connectivity index (χ2n) is 33.2. The van der Waals surface area contributed by atoms with Crippen molar-refractivity contribution in [2.24, 2.45) is 35.5 Å². The summed E-state index contributed by atoms with van der Waals surface area (Å²) < 4.78 is 19.3. The Labute approximate surface area is 704 Å². The number of benzene rings is 3. The predicted molar refractivity (Wildman–Crippen MR) is 458 cm³/mol. The van der Waals surface area contributed by atoms with Gasteiger partial charge in [0.05, 0.1) is 102 Å². The molecule has 1 fully saturated rings. The van der Waals surface area contributed by atoms with Crippen molar-refractivity contribution in [2.45, 2.75) is 265 Å². The summed E-state index contributed by atoms with van der Waals surface area (Å²) >= 11 is 0. The van der Waals surface area contributed by atoms with E-state index in [-0.39, 0.29) is 108 Å². The molecule has 9 atom stereocenters. The number of unbranched alkanes of at least 4 members (excludes halogenated alkanes) is 2. The van der Waals surface area contributed by atoms with Crippen LogP contribution in [0.25, 0.3) is 0 Å². The quantitative estimate of drug-likeness (QED) is 0.0242. The number of rotatable bonds is 46. The molecule has 1 saturated heterocycles. The average Bonchev–Trinajstić information content (AvgIpc) is 0.857. The SMILES string of the molecule is CCC(C)C(=O)NCCCCNC(=O)C(C)CC.CCC(C)C(=O)NCCCCNC(=O)C(C)CC.CCC(C)C(=O)NCCOCCOCCOCCNC(=O)C(C)CC.CCC(C)c1ccc(C[N+](C)(C)C)cc1.CCC(C)c1ccc(C[N+](C)(C)C)cc1.CCC(C)c1ccc(C[N+]2(C)CCCCC2)cc1.[Cl-].[Cl-].[Cl-]. The molecule has 0 saturated carbocycles. The van der Waals surface area contributed by atoms with E-state index < -0.39 is 0 Å². The summed E-state index contributed by atoms with van der Waals surface area (Å²) in [7, 11) is 15.8. The van der Waals surface area contributed by atoms with Crippen LogP contribution in [0.2, 0.25) is 0 Å². The maximum absolute atomic E-state index is 11.5. The predicted octanol–water partition coefficient (Wildman–Crippen LogP) is 7.70. The van der Waals surface area contributed by atoms with E-state index >= 15 is 0 Å². The van der Waals surface area contributed by atoms with Gasteiger partial charge < -0.3 is 96.8 Å². The molecule has 3 aromatic carbocycles. The molecule has 0 aliphatic carbocycles. The molecule has 3 aromatic rings. The number of piperidine rings is 1. The number of nitrogens with zero attached hydrogens (tertiary/aromatic N) is 3. The molecule has 0 aromatic heterocycles. The van der Waals surface area contributed by atoms with E-state index in [0.29, 0.717) is 96.7 Å². The lowest BCUT2D eigenvalue weighted by atomic mass is 9.97. The van der Waals surface area contributed by atoms with Gasteiger partial charge in [-0.2, -0.15) is 0 Å². The lowest BCUT2D eigenvalue weighted by Crippen LogP contribution is -3.00. The van der Waals surface area contributed by atoms with Crippen LogP contribution in [0.1, 0.15) is 278 Å². The van der Waals surface area contributed by atoms with Gasteiger partial charge in [0.25, 0.3) is 0 Å². The minimum Gasteiger partial charge on any atom is -1.00 e. The number of ether oxygens (including phenoxy) is 3. The molecule has 1 aliphatic heterocycles. The Morgan fingerprint density at radius 2 is 0.536 bits per heavy atom. The highest BCUT2D eigenvalue weighted by Crippen LogP contribution is 2.25. The fourth-order valence-corrected chi connectivity index (χ4v) is 11.1. The van der Waals surface area contributed by atoms with Crippen molar-refractivity contribution in [1.29, 1.82) is 0 Å². The van der Waals surface area contributed by atoms with Crippen LogP contribution < -0.4 is 69.1 Å². The summed E-state index contributed by atoms with van der Waals surface area (Å²) in [4.78, 5) is 68.9. The van der Waals surface area contributed by atoms with Crippen LogP contribution in [0, 0.1) is 35.5 Å². The second-order valence-corrected chi connectivity index (χ2v) is 33.2. The lowest BCUT2D eigenvalue weighted by molar-refractivity contribution is -0.926. The third-order valence-electron chi connectivity index (χ3n) is 20.9. The Balaban J connectivity index is -0.000000410. The Bertz CT molecular complexity index is 2600. The number of likely N-dealkylation sites (tertiary alicyclic amines) is 1. The zero-order valence-electron chi connectivity index (χ0n) is 75.6. The second kappa shape index (κ2) is 69.3. The molecule has 0 radical (unpaired) electrons. The molecule has 9 unspecified atom stereocenters. The van der Waals surface area contributed by atoms with E-state index in [1.54, 1.807) is 0 Å². The van der Waals surface area contributed by atoms with E-state index in [9.17, 15) is 28.8 Å². The standard InChI is InChI=1S/C18H36N2O5.C17H28N.2C14H28N2O2.2C14H24N.3ClH/c1-5-15(3)17(21)19-7-9-23-11-13-25-14-12-24-10-8-20-18(22)16(4)6-2;1-4-15(2)17-10-8-16(9-11-17)14-18(3)12-6-5-7-13-18;2*1-5-11(3)13(17)15-9-7-8-10-16-14(18)12(4)6-2;2*1-6-12(2)14-9-7-13(8-10-14)11-15(3,4)5;;;/h15-16H,5-14H2,1-4H3,(H,19,21)(H,20,22);8-11,15H,4-7,12-14H2,1-3H3;2*11-12H,5-10H2,1-4H3,(H,15,17)(H,16,18);2*7-10,12H,6,11H2,1-5H3;3*1H/q;+1;;;2*+1;;;/p-3. The third kappa shape index (κ3) is 59.7. The van der Waals surface area contributed by atoms with E-state index in [1.165, 1.54) is 96.0 Å². The van der Waals surface area contributed by atoms with Gasteiger partial charge in [0.15, 0.2) is 0 Å². The number of halogens is 3. The van der Waals surface area contributed by atoms with Crippen molar-refractivity contribution in [1.82, 2.24) is 31.9 Å². The molecule has 18 nitrogen and oxygen atoms in total. The molecule has 1 heterocycles. The molecule has 6 N–H and O–H groups in total. The first-order valence-electron chi connectivity index (χ1n) is 42.6. The Kier molecular flexibility index (Phi) is 71.5. The van der Waals surface area contributed by atoms with Crippen molar-refractivity contribution in [2.75, 3.05) is 141 Å². The summed E-state index contributed by atoms with van der Waals surface area (Å²) in [5.41, 5.74) is 8.77. The van der Waals surface area contributed by atoms with Crippen LogP contribution >= 0.6 is 0 Å².